The Morgan fingerprint density at radius 2 is 1.05 bits per heavy atom. The summed E-state index contributed by atoms with van der Waals surface area (Å²) < 4.78 is 13.7. The Morgan fingerprint density at radius 3 is 1.73 bits per heavy atom. The third-order valence-corrected chi connectivity index (χ3v) is 12.1. The standard InChI is InChI=1S/C58H45N4O/c1-58(2,3)51-37-56(59-38-50(51)42-23-11-6-12-24-42)62-52-30-14-13-27-48(52)49-34-33-45(36-55(49)62)63-44-26-17-25-43(35-44)60-39-61(54-32-16-15-31-53(54)60)57-46(40-19-7-4-8-20-40)28-18-29-47(57)41-21-9-5-10-22-41/h4-39H,1-3H3/q+1. The Morgan fingerprint density at radius 1 is 0.476 bits per heavy atom. The van der Waals surface area contributed by atoms with E-state index in [1.54, 1.807) is 0 Å². The number of aromatic nitrogens is 4. The highest BCUT2D eigenvalue weighted by Crippen LogP contribution is 2.39. The van der Waals surface area contributed by atoms with E-state index in [-0.39, 0.29) is 5.41 Å². The molecule has 3 heterocycles. The lowest BCUT2D eigenvalue weighted by molar-refractivity contribution is -0.566. The molecule has 0 N–H and O–H groups in total. The zero-order valence-electron chi connectivity index (χ0n) is 35.5. The van der Waals surface area contributed by atoms with Crippen LogP contribution in [0.3, 0.4) is 0 Å². The van der Waals surface area contributed by atoms with E-state index in [9.17, 15) is 0 Å². The largest absolute Gasteiger partial charge is 0.457 e. The number of hydrogen-bond donors (Lipinski definition) is 0. The van der Waals surface area contributed by atoms with Crippen LogP contribution in [0.15, 0.2) is 219 Å². The number of imidazole rings is 1. The number of para-hydroxylation sites is 4. The zero-order valence-corrected chi connectivity index (χ0v) is 35.5. The molecule has 5 nitrogen and oxygen atoms in total. The van der Waals surface area contributed by atoms with E-state index in [2.05, 4.69) is 241 Å². The number of nitrogens with zero attached hydrogens (tertiary/aromatic N) is 4. The molecule has 0 aliphatic rings. The Bertz CT molecular complexity index is 3390. The Labute approximate surface area is 367 Å². The lowest BCUT2D eigenvalue weighted by Gasteiger charge is -2.24. The van der Waals surface area contributed by atoms with Gasteiger partial charge in [0.1, 0.15) is 28.7 Å². The van der Waals surface area contributed by atoms with Gasteiger partial charge in [-0.25, -0.2) is 4.98 Å². The molecule has 0 aliphatic carbocycles. The van der Waals surface area contributed by atoms with Crippen LogP contribution in [0.2, 0.25) is 0 Å². The van der Waals surface area contributed by atoms with Crippen molar-refractivity contribution in [1.29, 1.82) is 0 Å². The Balaban J connectivity index is 1.01. The lowest BCUT2D eigenvalue weighted by atomic mass is 9.82. The molecule has 0 unspecified atom stereocenters. The van der Waals surface area contributed by atoms with Crippen LogP contribution in [0.4, 0.5) is 0 Å². The van der Waals surface area contributed by atoms with Gasteiger partial charge in [0.15, 0.2) is 11.0 Å². The van der Waals surface area contributed by atoms with Gasteiger partial charge in [-0.1, -0.05) is 166 Å². The average molecular weight is 814 g/mol. The Kier molecular flexibility index (Phi) is 9.31. The lowest BCUT2D eigenvalue weighted by Crippen LogP contribution is -2.30. The van der Waals surface area contributed by atoms with Crippen LogP contribution in [-0.2, 0) is 5.41 Å². The number of fused-ring (bicyclic) bond motifs is 4. The van der Waals surface area contributed by atoms with Gasteiger partial charge in [-0.15, -0.1) is 0 Å². The van der Waals surface area contributed by atoms with E-state index in [0.717, 1.165) is 84.0 Å². The predicted molar refractivity (Wildman–Crippen MR) is 258 cm³/mol. The topological polar surface area (TPSA) is 35.9 Å². The van der Waals surface area contributed by atoms with Crippen LogP contribution in [0, 0.1) is 0 Å². The third kappa shape index (κ3) is 6.84. The molecule has 11 rings (SSSR count). The smallest absolute Gasteiger partial charge is 0.255 e. The summed E-state index contributed by atoms with van der Waals surface area (Å²) >= 11 is 0. The minimum Gasteiger partial charge on any atom is -0.457 e. The molecule has 0 radical (unpaired) electrons. The van der Waals surface area contributed by atoms with Crippen molar-refractivity contribution < 1.29 is 9.30 Å². The van der Waals surface area contributed by atoms with E-state index in [1.807, 2.05) is 12.3 Å². The number of hydrogen-bond acceptors (Lipinski definition) is 2. The molecular formula is C58H45N4O+. The van der Waals surface area contributed by atoms with Crippen molar-refractivity contribution in [3.8, 4) is 62.1 Å². The first-order chi connectivity index (χ1) is 30.9. The average Bonchev–Trinajstić information content (AvgIpc) is 3.88. The van der Waals surface area contributed by atoms with Gasteiger partial charge in [0, 0.05) is 45.8 Å². The molecule has 5 heteroatoms. The predicted octanol–water partition coefficient (Wildman–Crippen LogP) is 14.5. The summed E-state index contributed by atoms with van der Waals surface area (Å²) in [5.74, 6) is 2.37. The first-order valence-electron chi connectivity index (χ1n) is 21.5. The van der Waals surface area contributed by atoms with Gasteiger partial charge in [-0.3, -0.25) is 4.57 Å². The highest BCUT2D eigenvalue weighted by molar-refractivity contribution is 6.09. The zero-order chi connectivity index (χ0) is 42.5. The Hall–Kier alpha value is -8.02. The van der Waals surface area contributed by atoms with E-state index < -0.39 is 0 Å². The maximum Gasteiger partial charge on any atom is 0.255 e. The molecule has 3 aromatic heterocycles. The molecule has 11 aromatic rings. The second-order valence-corrected chi connectivity index (χ2v) is 17.1. The molecule has 8 aromatic carbocycles. The first-order valence-corrected chi connectivity index (χ1v) is 21.5. The van der Waals surface area contributed by atoms with Crippen molar-refractivity contribution in [2.24, 2.45) is 0 Å². The number of ether oxygens (including phenoxy) is 1. The maximum atomic E-state index is 6.79. The second kappa shape index (κ2) is 15.5. The summed E-state index contributed by atoms with van der Waals surface area (Å²) in [5, 5.41) is 2.32. The van der Waals surface area contributed by atoms with Gasteiger partial charge in [-0.2, -0.15) is 9.13 Å². The van der Waals surface area contributed by atoms with Gasteiger partial charge >= 0.3 is 0 Å². The maximum absolute atomic E-state index is 6.79. The quantitative estimate of drug-likeness (QED) is 0.143. The van der Waals surface area contributed by atoms with Gasteiger partial charge in [0.05, 0.1) is 11.0 Å². The SMILES string of the molecule is CC(C)(C)c1cc(-n2c3ccccc3c3ccc(Oc4cccc(-n5c[n+](-c6c(-c7ccccc7)cccc6-c6ccccc6)c6ccccc65)c4)cc32)ncc1-c1ccccc1. The number of pyridine rings is 1. The minimum atomic E-state index is -0.110. The second-order valence-electron chi connectivity index (χ2n) is 17.1. The van der Waals surface area contributed by atoms with Crippen molar-refractivity contribution in [3.05, 3.63) is 224 Å². The molecule has 63 heavy (non-hydrogen) atoms. The van der Waals surface area contributed by atoms with Crippen LogP contribution in [0.1, 0.15) is 26.3 Å². The van der Waals surface area contributed by atoms with Gasteiger partial charge in [0.2, 0.25) is 0 Å². The molecule has 0 amide bonds. The monoisotopic (exact) mass is 813 g/mol. The third-order valence-electron chi connectivity index (χ3n) is 12.1. The van der Waals surface area contributed by atoms with Crippen molar-refractivity contribution in [2.45, 2.75) is 26.2 Å². The molecular weight excluding hydrogens is 769 g/mol. The molecule has 0 bridgehead atoms. The van der Waals surface area contributed by atoms with Crippen LogP contribution < -0.4 is 9.30 Å². The summed E-state index contributed by atoms with van der Waals surface area (Å²) in [4.78, 5) is 5.14. The van der Waals surface area contributed by atoms with Crippen LogP contribution in [0.25, 0.3) is 83.4 Å². The summed E-state index contributed by atoms with van der Waals surface area (Å²) in [6.07, 6.45) is 4.25. The fraction of sp³-hybridized carbons (Fsp3) is 0.0690. The first kappa shape index (κ1) is 37.9. The minimum absolute atomic E-state index is 0.110. The van der Waals surface area contributed by atoms with Crippen LogP contribution in [-0.4, -0.2) is 14.1 Å². The van der Waals surface area contributed by atoms with E-state index in [4.69, 9.17) is 9.72 Å². The molecule has 0 atom stereocenters. The fourth-order valence-corrected chi connectivity index (χ4v) is 9.13. The molecule has 0 aliphatic heterocycles. The molecule has 0 fully saturated rings. The number of rotatable bonds is 8. The highest BCUT2D eigenvalue weighted by Gasteiger charge is 2.26. The highest BCUT2D eigenvalue weighted by atomic mass is 16.5. The van der Waals surface area contributed by atoms with Crippen molar-refractivity contribution in [3.63, 3.8) is 0 Å². The summed E-state index contributed by atoms with van der Waals surface area (Å²) in [5.41, 5.74) is 14.5. The molecule has 302 valence electrons. The van der Waals surface area contributed by atoms with Crippen molar-refractivity contribution in [1.82, 2.24) is 14.1 Å². The van der Waals surface area contributed by atoms with Crippen molar-refractivity contribution in [2.75, 3.05) is 0 Å². The van der Waals surface area contributed by atoms with Gasteiger partial charge in [-0.05, 0) is 76.2 Å². The summed E-state index contributed by atoms with van der Waals surface area (Å²) in [7, 11) is 0. The van der Waals surface area contributed by atoms with E-state index in [1.165, 1.54) is 16.5 Å². The summed E-state index contributed by atoms with van der Waals surface area (Å²) in [6.45, 7) is 6.81. The summed E-state index contributed by atoms with van der Waals surface area (Å²) in [6, 6.07) is 72.7. The van der Waals surface area contributed by atoms with Crippen LogP contribution in [0.5, 0.6) is 11.5 Å². The molecule has 0 saturated heterocycles. The van der Waals surface area contributed by atoms with E-state index >= 15 is 0 Å². The van der Waals surface area contributed by atoms with Gasteiger partial charge in [0.25, 0.3) is 6.33 Å². The molecule has 0 saturated carbocycles. The van der Waals surface area contributed by atoms with E-state index in [0.29, 0.717) is 0 Å². The molecule has 0 spiro atoms. The number of benzene rings is 8. The van der Waals surface area contributed by atoms with Gasteiger partial charge < -0.3 is 4.74 Å². The van der Waals surface area contributed by atoms with Crippen molar-refractivity contribution >= 4 is 32.8 Å². The van der Waals surface area contributed by atoms with Crippen LogP contribution >= 0.6 is 0 Å². The normalized spacial score (nSPS) is 11.7. The fourth-order valence-electron chi connectivity index (χ4n) is 9.13.